The molecule has 0 atom stereocenters. The summed E-state index contributed by atoms with van der Waals surface area (Å²) in [6.07, 6.45) is 0. The molecular weight excluding hydrogens is 354 g/mol. The van der Waals surface area contributed by atoms with Crippen LogP contribution in [0.2, 0.25) is 4.34 Å². The Labute approximate surface area is 153 Å². The van der Waals surface area contributed by atoms with E-state index < -0.39 is 5.97 Å². The fourth-order valence-corrected chi connectivity index (χ4v) is 4.53. The molecule has 4 aromatic rings. The van der Waals surface area contributed by atoms with Gasteiger partial charge in [0.15, 0.2) is 0 Å². The Kier molecular flexibility index (Phi) is 3.74. The molecule has 0 radical (unpaired) electrons. The average molecular weight is 368 g/mol. The predicted octanol–water partition coefficient (Wildman–Crippen LogP) is 6.08. The van der Waals surface area contributed by atoms with Gasteiger partial charge < -0.3 is 5.11 Å². The van der Waals surface area contributed by atoms with E-state index in [0.717, 1.165) is 32.3 Å². The first-order valence-electron chi connectivity index (χ1n) is 7.79. The normalized spacial score (nSPS) is 11.3. The zero-order valence-corrected chi connectivity index (χ0v) is 15.2. The number of aromatic carboxylic acids is 1. The van der Waals surface area contributed by atoms with Gasteiger partial charge in [0.2, 0.25) is 0 Å². The number of carboxylic acid groups (broad SMARTS) is 1. The van der Waals surface area contributed by atoms with Gasteiger partial charge in [-0.05, 0) is 31.0 Å². The van der Waals surface area contributed by atoms with Gasteiger partial charge in [-0.15, -0.1) is 11.3 Å². The van der Waals surface area contributed by atoms with E-state index in [2.05, 4.69) is 0 Å². The predicted molar refractivity (Wildman–Crippen MR) is 104 cm³/mol. The maximum absolute atomic E-state index is 11.9. The molecule has 25 heavy (non-hydrogen) atoms. The van der Waals surface area contributed by atoms with Crippen LogP contribution in [0, 0.1) is 13.8 Å². The van der Waals surface area contributed by atoms with Crippen molar-refractivity contribution in [3.8, 4) is 10.6 Å². The highest BCUT2D eigenvalue weighted by molar-refractivity contribution is 7.21. The smallest absolute Gasteiger partial charge is 0.336 e. The molecule has 124 valence electrons. The quantitative estimate of drug-likeness (QED) is 0.466. The minimum absolute atomic E-state index is 0.273. The second-order valence-corrected chi connectivity index (χ2v) is 7.66. The van der Waals surface area contributed by atoms with Crippen molar-refractivity contribution >= 4 is 50.6 Å². The molecule has 0 saturated heterocycles. The molecular formula is C20H14ClNO2S. The topological polar surface area (TPSA) is 50.2 Å². The second-order valence-electron chi connectivity index (χ2n) is 6.03. The summed E-state index contributed by atoms with van der Waals surface area (Å²) >= 11 is 7.81. The first-order valence-corrected chi connectivity index (χ1v) is 8.98. The van der Waals surface area contributed by atoms with E-state index in [1.54, 1.807) is 6.07 Å². The molecule has 0 saturated carbocycles. The Balaban J connectivity index is 2.12. The lowest BCUT2D eigenvalue weighted by molar-refractivity contribution is 0.0699. The summed E-state index contributed by atoms with van der Waals surface area (Å²) in [5.74, 6) is -0.950. The van der Waals surface area contributed by atoms with Crippen LogP contribution in [-0.2, 0) is 0 Å². The number of carboxylic acids is 1. The number of thiophene rings is 1. The molecule has 0 aliphatic rings. The van der Waals surface area contributed by atoms with Crippen LogP contribution in [0.25, 0.3) is 32.2 Å². The summed E-state index contributed by atoms with van der Waals surface area (Å²) in [5.41, 5.74) is 3.51. The highest BCUT2D eigenvalue weighted by Crippen LogP contribution is 2.42. The summed E-state index contributed by atoms with van der Waals surface area (Å²) in [6.45, 7) is 3.86. The maximum atomic E-state index is 11.9. The molecule has 5 heteroatoms. The van der Waals surface area contributed by atoms with E-state index in [9.17, 15) is 9.90 Å². The van der Waals surface area contributed by atoms with Crippen molar-refractivity contribution in [3.05, 3.63) is 63.5 Å². The van der Waals surface area contributed by atoms with E-state index in [4.69, 9.17) is 16.6 Å². The summed E-state index contributed by atoms with van der Waals surface area (Å²) in [4.78, 5) is 17.6. The second kappa shape index (κ2) is 5.83. The maximum Gasteiger partial charge on any atom is 0.336 e. The van der Waals surface area contributed by atoms with Crippen LogP contribution in [-0.4, -0.2) is 16.1 Å². The van der Waals surface area contributed by atoms with E-state index in [1.165, 1.54) is 11.3 Å². The van der Waals surface area contributed by atoms with Gasteiger partial charge in [0, 0.05) is 16.2 Å². The molecule has 0 aliphatic carbocycles. The standard InChI is InChI=1S/C20H14ClNO2S/c1-10-7-8-11(2)17-16(10)14(20(23)24)9-15(22-17)18-12-5-3-4-6-13(12)19(21)25-18/h3-9H,1-2H3,(H,23,24). The van der Waals surface area contributed by atoms with Crippen LogP contribution in [0.1, 0.15) is 21.5 Å². The molecule has 0 bridgehead atoms. The number of rotatable bonds is 2. The number of aryl methyl sites for hydroxylation is 2. The van der Waals surface area contributed by atoms with Gasteiger partial charge in [-0.25, -0.2) is 9.78 Å². The number of halogens is 1. The molecule has 0 fully saturated rings. The molecule has 0 amide bonds. The lowest BCUT2D eigenvalue weighted by atomic mass is 9.99. The molecule has 1 N–H and O–H groups in total. The lowest BCUT2D eigenvalue weighted by Crippen LogP contribution is -2.02. The Bertz CT molecular complexity index is 1160. The SMILES string of the molecule is Cc1ccc(C)c2c(C(=O)O)cc(-c3sc(Cl)c4ccccc34)nc12. The van der Waals surface area contributed by atoms with Gasteiger partial charge >= 0.3 is 5.97 Å². The van der Waals surface area contributed by atoms with Gasteiger partial charge in [-0.3, -0.25) is 0 Å². The van der Waals surface area contributed by atoms with E-state index in [1.807, 2.05) is 50.2 Å². The highest BCUT2D eigenvalue weighted by atomic mass is 35.5. The van der Waals surface area contributed by atoms with Crippen LogP contribution in [0.5, 0.6) is 0 Å². The van der Waals surface area contributed by atoms with E-state index in [0.29, 0.717) is 15.4 Å². The molecule has 2 aromatic heterocycles. The molecule has 2 aromatic carbocycles. The number of nitrogens with zero attached hydrogens (tertiary/aromatic N) is 1. The minimum Gasteiger partial charge on any atom is -0.478 e. The molecule has 0 spiro atoms. The van der Waals surface area contributed by atoms with Crippen molar-refractivity contribution in [2.24, 2.45) is 0 Å². The number of pyridine rings is 1. The van der Waals surface area contributed by atoms with Crippen LogP contribution < -0.4 is 0 Å². The van der Waals surface area contributed by atoms with Crippen molar-refractivity contribution in [2.45, 2.75) is 13.8 Å². The fourth-order valence-electron chi connectivity index (χ4n) is 3.17. The zero-order chi connectivity index (χ0) is 17.7. The summed E-state index contributed by atoms with van der Waals surface area (Å²) in [7, 11) is 0. The number of fused-ring (bicyclic) bond motifs is 2. The van der Waals surface area contributed by atoms with Crippen LogP contribution in [0.15, 0.2) is 42.5 Å². The zero-order valence-electron chi connectivity index (χ0n) is 13.6. The molecule has 4 rings (SSSR count). The Morgan fingerprint density at radius 3 is 2.48 bits per heavy atom. The molecule has 2 heterocycles. The van der Waals surface area contributed by atoms with Gasteiger partial charge in [0.05, 0.1) is 21.7 Å². The summed E-state index contributed by atoms with van der Waals surface area (Å²) in [5, 5.41) is 12.4. The minimum atomic E-state index is -0.950. The Morgan fingerprint density at radius 1 is 1.08 bits per heavy atom. The van der Waals surface area contributed by atoms with Crippen molar-refractivity contribution in [1.82, 2.24) is 4.98 Å². The summed E-state index contributed by atoms with van der Waals surface area (Å²) in [6, 6.07) is 13.4. The van der Waals surface area contributed by atoms with Crippen LogP contribution in [0.3, 0.4) is 0 Å². The lowest BCUT2D eigenvalue weighted by Gasteiger charge is -2.11. The number of aromatic nitrogens is 1. The van der Waals surface area contributed by atoms with Gasteiger partial charge in [0.1, 0.15) is 4.34 Å². The monoisotopic (exact) mass is 367 g/mol. The first-order chi connectivity index (χ1) is 12.0. The highest BCUT2D eigenvalue weighted by Gasteiger charge is 2.19. The number of carbonyl (C=O) groups is 1. The number of hydrogen-bond acceptors (Lipinski definition) is 3. The Hall–Kier alpha value is -2.43. The molecule has 3 nitrogen and oxygen atoms in total. The third-order valence-corrected chi connectivity index (χ3v) is 5.88. The molecule has 0 unspecified atom stereocenters. The van der Waals surface area contributed by atoms with E-state index >= 15 is 0 Å². The summed E-state index contributed by atoms with van der Waals surface area (Å²) < 4.78 is 0.685. The van der Waals surface area contributed by atoms with Crippen molar-refractivity contribution in [1.29, 1.82) is 0 Å². The average Bonchev–Trinajstić information content (AvgIpc) is 2.94. The largest absolute Gasteiger partial charge is 0.478 e. The third kappa shape index (κ3) is 2.49. The van der Waals surface area contributed by atoms with E-state index in [-0.39, 0.29) is 5.56 Å². The number of benzene rings is 2. The fraction of sp³-hybridized carbons (Fsp3) is 0.100. The van der Waals surface area contributed by atoms with Crippen molar-refractivity contribution in [2.75, 3.05) is 0 Å². The Morgan fingerprint density at radius 2 is 1.76 bits per heavy atom. The van der Waals surface area contributed by atoms with Crippen LogP contribution in [0.4, 0.5) is 0 Å². The van der Waals surface area contributed by atoms with Gasteiger partial charge in [0.25, 0.3) is 0 Å². The van der Waals surface area contributed by atoms with Gasteiger partial charge in [-0.1, -0.05) is 48.0 Å². The third-order valence-electron chi connectivity index (χ3n) is 4.41. The van der Waals surface area contributed by atoms with Gasteiger partial charge in [-0.2, -0.15) is 0 Å². The van der Waals surface area contributed by atoms with Crippen molar-refractivity contribution < 1.29 is 9.90 Å². The first kappa shape index (κ1) is 16.1. The molecule has 0 aliphatic heterocycles. The van der Waals surface area contributed by atoms with Crippen molar-refractivity contribution in [3.63, 3.8) is 0 Å². The number of hydrogen-bond donors (Lipinski definition) is 1. The van der Waals surface area contributed by atoms with Crippen LogP contribution >= 0.6 is 22.9 Å².